The van der Waals surface area contributed by atoms with E-state index in [9.17, 15) is 9.90 Å². The van der Waals surface area contributed by atoms with Crippen LogP contribution in [0.3, 0.4) is 0 Å². The van der Waals surface area contributed by atoms with E-state index in [4.69, 9.17) is 0 Å². The van der Waals surface area contributed by atoms with Gasteiger partial charge in [-0.1, -0.05) is 72.8 Å². The van der Waals surface area contributed by atoms with Crippen molar-refractivity contribution in [3.63, 3.8) is 0 Å². The van der Waals surface area contributed by atoms with Gasteiger partial charge in [0.15, 0.2) is 0 Å². The lowest BCUT2D eigenvalue weighted by Gasteiger charge is -2.15. The Morgan fingerprint density at radius 1 is 0.870 bits per heavy atom. The number of nitrogens with one attached hydrogen (secondary N) is 1. The van der Waals surface area contributed by atoms with E-state index in [2.05, 4.69) is 17.4 Å². The second-order valence-corrected chi connectivity index (χ2v) is 5.64. The molecule has 0 amide bonds. The normalized spacial score (nSPS) is 12.2. The van der Waals surface area contributed by atoms with E-state index in [0.717, 1.165) is 16.5 Å². The number of carboxylic acid groups (broad SMARTS) is 1. The fourth-order valence-electron chi connectivity index (χ4n) is 2.69. The molecule has 3 aromatic carbocycles. The van der Waals surface area contributed by atoms with Crippen molar-refractivity contribution >= 4 is 16.7 Å². The Balaban J connectivity index is 1.72. The van der Waals surface area contributed by atoms with Crippen molar-refractivity contribution < 1.29 is 9.90 Å². The first-order valence-corrected chi connectivity index (χ1v) is 7.70. The third-order valence-corrected chi connectivity index (χ3v) is 3.95. The van der Waals surface area contributed by atoms with Gasteiger partial charge in [0.25, 0.3) is 0 Å². The van der Waals surface area contributed by atoms with E-state index in [1.807, 2.05) is 60.7 Å². The predicted molar refractivity (Wildman–Crippen MR) is 92.4 cm³/mol. The summed E-state index contributed by atoms with van der Waals surface area (Å²) < 4.78 is 0. The van der Waals surface area contributed by atoms with Gasteiger partial charge in [0.05, 0.1) is 0 Å². The Labute approximate surface area is 135 Å². The van der Waals surface area contributed by atoms with E-state index < -0.39 is 12.0 Å². The number of hydrogen-bond acceptors (Lipinski definition) is 2. The molecule has 0 saturated carbocycles. The molecule has 2 N–H and O–H groups in total. The zero-order valence-electron chi connectivity index (χ0n) is 12.8. The number of aliphatic carboxylic acids is 1. The smallest absolute Gasteiger partial charge is 0.321 e. The Bertz CT molecular complexity index is 799. The van der Waals surface area contributed by atoms with Crippen LogP contribution in [0, 0.1) is 0 Å². The minimum atomic E-state index is -0.825. The molecular weight excluding hydrogens is 286 g/mol. The van der Waals surface area contributed by atoms with Gasteiger partial charge in [-0.3, -0.25) is 4.79 Å². The number of benzene rings is 3. The highest BCUT2D eigenvalue weighted by molar-refractivity contribution is 5.83. The summed E-state index contributed by atoms with van der Waals surface area (Å²) in [6.45, 7) is 0.547. The molecule has 0 heterocycles. The van der Waals surface area contributed by atoms with Crippen molar-refractivity contribution in [2.24, 2.45) is 0 Å². The highest BCUT2D eigenvalue weighted by Gasteiger charge is 2.17. The first-order valence-electron chi connectivity index (χ1n) is 7.70. The molecule has 0 aliphatic rings. The van der Waals surface area contributed by atoms with Crippen molar-refractivity contribution in [3.05, 3.63) is 83.9 Å². The molecule has 0 radical (unpaired) electrons. The average Bonchev–Trinajstić information content (AvgIpc) is 2.59. The molecule has 3 nitrogen and oxygen atoms in total. The molecule has 3 rings (SSSR count). The molecule has 1 atom stereocenters. The van der Waals surface area contributed by atoms with Crippen LogP contribution in [-0.2, 0) is 17.8 Å². The zero-order valence-corrected chi connectivity index (χ0v) is 12.8. The van der Waals surface area contributed by atoms with Crippen molar-refractivity contribution in [3.8, 4) is 0 Å². The molecule has 116 valence electrons. The predicted octanol–water partition coefficient (Wildman–Crippen LogP) is 3.63. The zero-order chi connectivity index (χ0) is 16.1. The van der Waals surface area contributed by atoms with Gasteiger partial charge in [-0.05, 0) is 28.3 Å². The highest BCUT2D eigenvalue weighted by Crippen LogP contribution is 2.17. The quantitative estimate of drug-likeness (QED) is 0.731. The van der Waals surface area contributed by atoms with E-state index in [1.54, 1.807) is 0 Å². The molecule has 1 unspecified atom stereocenters. The lowest BCUT2D eigenvalue weighted by atomic mass is 10.0. The summed E-state index contributed by atoms with van der Waals surface area (Å²) in [6, 6.07) is 23.4. The Morgan fingerprint density at radius 3 is 2.30 bits per heavy atom. The molecule has 0 fully saturated rings. The topological polar surface area (TPSA) is 49.3 Å². The maximum absolute atomic E-state index is 11.5. The molecule has 3 heteroatoms. The summed E-state index contributed by atoms with van der Waals surface area (Å²) in [5, 5.41) is 14.9. The minimum absolute atomic E-state index is 0.465. The first kappa shape index (κ1) is 15.3. The van der Waals surface area contributed by atoms with Gasteiger partial charge < -0.3 is 10.4 Å². The van der Waals surface area contributed by atoms with Gasteiger partial charge in [0.2, 0.25) is 0 Å². The first-order chi connectivity index (χ1) is 11.2. The number of hydrogen-bond donors (Lipinski definition) is 2. The molecule has 23 heavy (non-hydrogen) atoms. The largest absolute Gasteiger partial charge is 0.480 e. The molecule has 0 saturated heterocycles. The molecule has 0 spiro atoms. The second kappa shape index (κ2) is 7.07. The van der Waals surface area contributed by atoms with Crippen molar-refractivity contribution in [1.29, 1.82) is 0 Å². The van der Waals surface area contributed by atoms with Crippen LogP contribution in [-0.4, -0.2) is 17.1 Å². The highest BCUT2D eigenvalue weighted by atomic mass is 16.4. The Kier molecular flexibility index (Phi) is 4.69. The van der Waals surface area contributed by atoms with Crippen molar-refractivity contribution in [1.82, 2.24) is 5.32 Å². The second-order valence-electron chi connectivity index (χ2n) is 5.64. The molecule has 0 aromatic heterocycles. The molecule has 0 bridgehead atoms. The third kappa shape index (κ3) is 3.96. The molecule has 0 aliphatic heterocycles. The minimum Gasteiger partial charge on any atom is -0.480 e. The standard InChI is InChI=1S/C20H19NO2/c22-20(23)19(21-14-15-6-2-1-3-7-15)13-16-10-11-17-8-4-5-9-18(17)12-16/h1-12,19,21H,13-14H2,(H,22,23). The monoisotopic (exact) mass is 305 g/mol. The fraction of sp³-hybridized carbons (Fsp3) is 0.150. The number of carboxylic acids is 1. The summed E-state index contributed by atoms with van der Waals surface area (Å²) in [4.78, 5) is 11.5. The van der Waals surface area contributed by atoms with Crippen LogP contribution in [0.5, 0.6) is 0 Å². The number of rotatable bonds is 6. The van der Waals surface area contributed by atoms with Gasteiger partial charge in [-0.2, -0.15) is 0 Å². The van der Waals surface area contributed by atoms with E-state index in [0.29, 0.717) is 13.0 Å². The lowest BCUT2D eigenvalue weighted by molar-refractivity contribution is -0.139. The van der Waals surface area contributed by atoms with Gasteiger partial charge in [0, 0.05) is 6.54 Å². The van der Waals surface area contributed by atoms with Crippen LogP contribution in [0.15, 0.2) is 72.8 Å². The summed E-state index contributed by atoms with van der Waals surface area (Å²) in [6.07, 6.45) is 0.465. The summed E-state index contributed by atoms with van der Waals surface area (Å²) in [7, 11) is 0. The van der Waals surface area contributed by atoms with Crippen molar-refractivity contribution in [2.45, 2.75) is 19.0 Å². The van der Waals surface area contributed by atoms with Crippen LogP contribution in [0.25, 0.3) is 10.8 Å². The molecule has 0 aliphatic carbocycles. The molecule has 3 aromatic rings. The van der Waals surface area contributed by atoms with Gasteiger partial charge in [-0.15, -0.1) is 0 Å². The van der Waals surface area contributed by atoms with Gasteiger partial charge in [0.1, 0.15) is 6.04 Å². The number of carbonyl (C=O) groups is 1. The Morgan fingerprint density at radius 2 is 1.57 bits per heavy atom. The maximum Gasteiger partial charge on any atom is 0.321 e. The Hall–Kier alpha value is -2.65. The number of fused-ring (bicyclic) bond motifs is 1. The van der Waals surface area contributed by atoms with Crippen LogP contribution in [0.4, 0.5) is 0 Å². The fourth-order valence-corrected chi connectivity index (χ4v) is 2.69. The van der Waals surface area contributed by atoms with E-state index >= 15 is 0 Å². The van der Waals surface area contributed by atoms with Crippen LogP contribution in [0.2, 0.25) is 0 Å². The summed E-state index contributed by atoms with van der Waals surface area (Å²) in [5.74, 6) is -0.825. The third-order valence-electron chi connectivity index (χ3n) is 3.95. The van der Waals surface area contributed by atoms with Crippen molar-refractivity contribution in [2.75, 3.05) is 0 Å². The van der Waals surface area contributed by atoms with E-state index in [-0.39, 0.29) is 0 Å². The van der Waals surface area contributed by atoms with Crippen LogP contribution >= 0.6 is 0 Å². The SMILES string of the molecule is O=C(O)C(Cc1ccc2ccccc2c1)NCc1ccccc1. The summed E-state index contributed by atoms with van der Waals surface area (Å²) in [5.41, 5.74) is 2.11. The van der Waals surface area contributed by atoms with Crippen LogP contribution < -0.4 is 5.32 Å². The maximum atomic E-state index is 11.5. The lowest BCUT2D eigenvalue weighted by Crippen LogP contribution is -2.38. The average molecular weight is 305 g/mol. The summed E-state index contributed by atoms with van der Waals surface area (Å²) >= 11 is 0. The van der Waals surface area contributed by atoms with Gasteiger partial charge >= 0.3 is 5.97 Å². The van der Waals surface area contributed by atoms with E-state index in [1.165, 1.54) is 5.39 Å². The molecular formula is C20H19NO2. The van der Waals surface area contributed by atoms with Gasteiger partial charge in [-0.25, -0.2) is 0 Å². The van der Waals surface area contributed by atoms with Crippen LogP contribution in [0.1, 0.15) is 11.1 Å².